The number of aromatic nitrogens is 1. The zero-order valence-electron chi connectivity index (χ0n) is 8.92. The predicted molar refractivity (Wildman–Crippen MR) is 64.2 cm³/mol. The molecule has 0 fully saturated rings. The van der Waals surface area contributed by atoms with E-state index in [4.69, 9.17) is 9.68 Å². The van der Waals surface area contributed by atoms with Gasteiger partial charge < -0.3 is 4.42 Å². The number of benzene rings is 1. The van der Waals surface area contributed by atoms with Crippen LogP contribution in [0, 0.1) is 11.3 Å². The van der Waals surface area contributed by atoms with Gasteiger partial charge in [-0.1, -0.05) is 18.2 Å². The molecule has 2 aromatic heterocycles. The van der Waals surface area contributed by atoms with E-state index in [1.165, 1.54) is 0 Å². The normalized spacial score (nSPS) is 10.3. The highest BCUT2D eigenvalue weighted by Gasteiger charge is 2.10. The molecule has 2 heterocycles. The summed E-state index contributed by atoms with van der Waals surface area (Å²) in [5.41, 5.74) is 3.16. The van der Waals surface area contributed by atoms with E-state index in [1.807, 2.05) is 30.3 Å². The Labute approximate surface area is 97.9 Å². The van der Waals surface area contributed by atoms with E-state index >= 15 is 0 Å². The van der Waals surface area contributed by atoms with Crippen molar-refractivity contribution in [1.29, 1.82) is 5.26 Å². The van der Waals surface area contributed by atoms with Gasteiger partial charge in [0.1, 0.15) is 11.7 Å². The molecule has 0 aliphatic carbocycles. The molecule has 0 unspecified atom stereocenters. The topological polar surface area (TPSA) is 49.8 Å². The van der Waals surface area contributed by atoms with Gasteiger partial charge in [-0.25, -0.2) is 0 Å². The Kier molecular flexibility index (Phi) is 2.13. The van der Waals surface area contributed by atoms with Crippen LogP contribution in [0.15, 0.2) is 53.4 Å². The van der Waals surface area contributed by atoms with Crippen molar-refractivity contribution in [2.45, 2.75) is 0 Å². The standard InChI is InChI=1S/C14H8N2O/c15-7-10-8-16-6-5-11(10)13-9-17-14-4-2-1-3-12(13)14/h1-6,8-9H. The molecule has 0 saturated carbocycles. The minimum absolute atomic E-state index is 0.555. The third kappa shape index (κ3) is 1.47. The Hall–Kier alpha value is -2.60. The molecule has 3 rings (SSSR count). The van der Waals surface area contributed by atoms with Crippen LogP contribution in [0.3, 0.4) is 0 Å². The second-order valence-electron chi connectivity index (χ2n) is 3.68. The maximum absolute atomic E-state index is 9.07. The largest absolute Gasteiger partial charge is 0.464 e. The quantitative estimate of drug-likeness (QED) is 0.631. The van der Waals surface area contributed by atoms with Crippen molar-refractivity contribution in [2.75, 3.05) is 0 Å². The number of nitrogens with zero attached hydrogens (tertiary/aromatic N) is 2. The fourth-order valence-electron chi connectivity index (χ4n) is 1.90. The number of hydrogen-bond donors (Lipinski definition) is 0. The van der Waals surface area contributed by atoms with Crippen LogP contribution in [0.1, 0.15) is 5.56 Å². The average molecular weight is 220 g/mol. The van der Waals surface area contributed by atoms with Crippen molar-refractivity contribution in [3.8, 4) is 17.2 Å². The van der Waals surface area contributed by atoms with Gasteiger partial charge in [-0.15, -0.1) is 0 Å². The molecular weight excluding hydrogens is 212 g/mol. The molecule has 1 aromatic carbocycles. The van der Waals surface area contributed by atoms with Crippen molar-refractivity contribution in [1.82, 2.24) is 4.98 Å². The predicted octanol–water partition coefficient (Wildman–Crippen LogP) is 3.37. The minimum Gasteiger partial charge on any atom is -0.464 e. The number of furan rings is 1. The Bertz CT molecular complexity index is 722. The highest BCUT2D eigenvalue weighted by molar-refractivity contribution is 5.95. The monoisotopic (exact) mass is 220 g/mol. The maximum Gasteiger partial charge on any atom is 0.134 e. The summed E-state index contributed by atoms with van der Waals surface area (Å²) < 4.78 is 5.47. The van der Waals surface area contributed by atoms with E-state index in [2.05, 4.69) is 11.1 Å². The first kappa shape index (κ1) is 9.61. The van der Waals surface area contributed by atoms with E-state index < -0.39 is 0 Å². The number of rotatable bonds is 1. The Morgan fingerprint density at radius 1 is 1.12 bits per heavy atom. The van der Waals surface area contributed by atoms with Gasteiger partial charge in [-0.05, 0) is 12.1 Å². The smallest absolute Gasteiger partial charge is 0.134 e. The number of nitriles is 1. The first-order chi connectivity index (χ1) is 8.40. The van der Waals surface area contributed by atoms with Crippen LogP contribution in [0.5, 0.6) is 0 Å². The Morgan fingerprint density at radius 2 is 2.00 bits per heavy atom. The summed E-state index contributed by atoms with van der Waals surface area (Å²) in [6, 6.07) is 11.7. The van der Waals surface area contributed by atoms with Crippen LogP contribution < -0.4 is 0 Å². The van der Waals surface area contributed by atoms with E-state index in [9.17, 15) is 0 Å². The fraction of sp³-hybridized carbons (Fsp3) is 0. The molecule has 3 heteroatoms. The van der Waals surface area contributed by atoms with E-state index in [-0.39, 0.29) is 0 Å². The zero-order valence-corrected chi connectivity index (χ0v) is 8.92. The Balaban J connectivity index is 2.32. The first-order valence-corrected chi connectivity index (χ1v) is 5.21. The van der Waals surface area contributed by atoms with Gasteiger partial charge in [-0.2, -0.15) is 5.26 Å². The van der Waals surface area contributed by atoms with Crippen molar-refractivity contribution in [3.05, 3.63) is 54.6 Å². The second-order valence-corrected chi connectivity index (χ2v) is 3.68. The summed E-state index contributed by atoms with van der Waals surface area (Å²) in [5, 5.41) is 10.1. The van der Waals surface area contributed by atoms with Crippen LogP contribution >= 0.6 is 0 Å². The van der Waals surface area contributed by atoms with Gasteiger partial charge in [-0.3, -0.25) is 4.98 Å². The summed E-state index contributed by atoms with van der Waals surface area (Å²) in [4.78, 5) is 3.95. The molecule has 0 atom stereocenters. The second kappa shape index (κ2) is 3.76. The first-order valence-electron chi connectivity index (χ1n) is 5.21. The van der Waals surface area contributed by atoms with Gasteiger partial charge in [0.2, 0.25) is 0 Å². The lowest BCUT2D eigenvalue weighted by Crippen LogP contribution is -1.84. The average Bonchev–Trinajstić information content (AvgIpc) is 2.82. The molecule has 0 saturated heterocycles. The van der Waals surface area contributed by atoms with Crippen molar-refractivity contribution in [2.24, 2.45) is 0 Å². The van der Waals surface area contributed by atoms with Crippen LogP contribution in [0.4, 0.5) is 0 Å². The van der Waals surface area contributed by atoms with Crippen molar-refractivity contribution in [3.63, 3.8) is 0 Å². The number of pyridine rings is 1. The molecule has 0 bridgehead atoms. The van der Waals surface area contributed by atoms with Gasteiger partial charge in [0.25, 0.3) is 0 Å². The third-order valence-electron chi connectivity index (χ3n) is 2.71. The lowest BCUT2D eigenvalue weighted by atomic mass is 10.0. The molecule has 0 spiro atoms. The molecule has 3 aromatic rings. The lowest BCUT2D eigenvalue weighted by molar-refractivity contribution is 0.617. The highest BCUT2D eigenvalue weighted by Crippen LogP contribution is 2.31. The molecule has 3 nitrogen and oxygen atoms in total. The van der Waals surface area contributed by atoms with Crippen LogP contribution in [0.25, 0.3) is 22.1 Å². The summed E-state index contributed by atoms with van der Waals surface area (Å²) in [5.74, 6) is 0. The van der Waals surface area contributed by atoms with E-state index in [1.54, 1.807) is 18.7 Å². The molecule has 17 heavy (non-hydrogen) atoms. The third-order valence-corrected chi connectivity index (χ3v) is 2.71. The van der Waals surface area contributed by atoms with Crippen LogP contribution in [0.2, 0.25) is 0 Å². The molecule has 0 N–H and O–H groups in total. The minimum atomic E-state index is 0.555. The SMILES string of the molecule is N#Cc1cnccc1-c1coc2ccccc12. The van der Waals surface area contributed by atoms with E-state index in [0.29, 0.717) is 5.56 Å². The maximum atomic E-state index is 9.07. The number of hydrogen-bond acceptors (Lipinski definition) is 3. The molecule has 80 valence electrons. The molecule has 0 aliphatic heterocycles. The van der Waals surface area contributed by atoms with Gasteiger partial charge in [0.15, 0.2) is 0 Å². The number of fused-ring (bicyclic) bond motifs is 1. The summed E-state index contributed by atoms with van der Waals surface area (Å²) >= 11 is 0. The van der Waals surface area contributed by atoms with Crippen molar-refractivity contribution >= 4 is 11.0 Å². The van der Waals surface area contributed by atoms with Gasteiger partial charge in [0.05, 0.1) is 11.8 Å². The number of para-hydroxylation sites is 1. The highest BCUT2D eigenvalue weighted by atomic mass is 16.3. The van der Waals surface area contributed by atoms with Crippen molar-refractivity contribution < 1.29 is 4.42 Å². The van der Waals surface area contributed by atoms with E-state index in [0.717, 1.165) is 22.1 Å². The molecular formula is C14H8N2O. The summed E-state index contributed by atoms with van der Waals surface area (Å²) in [7, 11) is 0. The Morgan fingerprint density at radius 3 is 2.88 bits per heavy atom. The molecule has 0 aliphatic rings. The summed E-state index contributed by atoms with van der Waals surface area (Å²) in [6.07, 6.45) is 4.93. The molecule has 0 radical (unpaired) electrons. The fourth-order valence-corrected chi connectivity index (χ4v) is 1.90. The molecule has 0 amide bonds. The van der Waals surface area contributed by atoms with Crippen LogP contribution in [-0.4, -0.2) is 4.98 Å². The van der Waals surface area contributed by atoms with Gasteiger partial charge in [0, 0.05) is 28.9 Å². The zero-order chi connectivity index (χ0) is 11.7. The summed E-state index contributed by atoms with van der Waals surface area (Å²) in [6.45, 7) is 0. The van der Waals surface area contributed by atoms with Gasteiger partial charge >= 0.3 is 0 Å². The van der Waals surface area contributed by atoms with Crippen LogP contribution in [-0.2, 0) is 0 Å². The lowest BCUT2D eigenvalue weighted by Gasteiger charge is -1.99.